The third-order valence-electron chi connectivity index (χ3n) is 7.79. The van der Waals surface area contributed by atoms with Gasteiger partial charge in [-0.25, -0.2) is 0 Å². The number of ether oxygens (including phenoxy) is 1. The van der Waals surface area contributed by atoms with Crippen LogP contribution in [0.4, 0.5) is 0 Å². The highest BCUT2D eigenvalue weighted by molar-refractivity contribution is 5.99. The zero-order valence-electron chi connectivity index (χ0n) is 20.6. The molecular weight excluding hydrogens is 414 g/mol. The van der Waals surface area contributed by atoms with Crippen molar-refractivity contribution in [3.05, 3.63) is 29.5 Å². The van der Waals surface area contributed by atoms with E-state index in [9.17, 15) is 9.59 Å². The molecule has 178 valence electrons. The second kappa shape index (κ2) is 8.37. The molecule has 5 rings (SSSR count). The third-order valence-corrected chi connectivity index (χ3v) is 7.79. The minimum Gasteiger partial charge on any atom is -0.497 e. The minimum atomic E-state index is -0.380. The lowest BCUT2D eigenvalue weighted by molar-refractivity contribution is -0.163. The summed E-state index contributed by atoms with van der Waals surface area (Å²) in [6.45, 7) is 10.6. The van der Waals surface area contributed by atoms with Crippen LogP contribution in [0.25, 0.3) is 10.9 Å². The molecule has 4 heterocycles. The van der Waals surface area contributed by atoms with Crippen LogP contribution in [-0.2, 0) is 22.6 Å². The number of amides is 2. The van der Waals surface area contributed by atoms with E-state index >= 15 is 0 Å². The summed E-state index contributed by atoms with van der Waals surface area (Å²) in [5, 5.41) is 1.20. The summed E-state index contributed by atoms with van der Waals surface area (Å²) in [5.74, 6) is 2.14. The summed E-state index contributed by atoms with van der Waals surface area (Å²) >= 11 is 0. The summed E-state index contributed by atoms with van der Waals surface area (Å²) in [5.41, 5.74) is 3.66. The number of rotatable bonds is 6. The number of piperazine rings is 1. The summed E-state index contributed by atoms with van der Waals surface area (Å²) in [6, 6.07) is 5.58. The lowest BCUT2D eigenvalue weighted by Crippen LogP contribution is -2.65. The van der Waals surface area contributed by atoms with Crippen LogP contribution in [0.1, 0.15) is 70.7 Å². The van der Waals surface area contributed by atoms with Crippen molar-refractivity contribution in [2.24, 2.45) is 11.8 Å². The number of aromatic nitrogens is 1. The minimum absolute atomic E-state index is 0.0662. The fourth-order valence-corrected chi connectivity index (χ4v) is 6.25. The molecule has 3 atom stereocenters. The van der Waals surface area contributed by atoms with Gasteiger partial charge in [0.05, 0.1) is 18.7 Å². The van der Waals surface area contributed by atoms with Crippen molar-refractivity contribution in [1.82, 2.24) is 14.4 Å². The second-order valence-corrected chi connectivity index (χ2v) is 10.9. The lowest BCUT2D eigenvalue weighted by atomic mass is 9.84. The molecule has 6 heteroatoms. The molecule has 6 nitrogen and oxygen atoms in total. The van der Waals surface area contributed by atoms with Crippen LogP contribution in [0, 0.1) is 11.8 Å². The smallest absolute Gasteiger partial charge is 0.246 e. The van der Waals surface area contributed by atoms with E-state index in [1.807, 2.05) is 15.9 Å². The van der Waals surface area contributed by atoms with Gasteiger partial charge in [0.2, 0.25) is 11.8 Å². The predicted molar refractivity (Wildman–Crippen MR) is 129 cm³/mol. The Labute approximate surface area is 196 Å². The molecule has 3 aliphatic heterocycles. The van der Waals surface area contributed by atoms with E-state index in [2.05, 4.69) is 44.4 Å². The van der Waals surface area contributed by atoms with Crippen LogP contribution in [-0.4, -0.2) is 51.9 Å². The van der Waals surface area contributed by atoms with Crippen LogP contribution in [0.15, 0.2) is 18.2 Å². The topological polar surface area (TPSA) is 54.8 Å². The van der Waals surface area contributed by atoms with Crippen molar-refractivity contribution in [3.63, 3.8) is 0 Å². The molecule has 0 saturated carbocycles. The largest absolute Gasteiger partial charge is 0.497 e. The quantitative estimate of drug-likeness (QED) is 0.648. The number of methoxy groups -OCH3 is 1. The molecule has 2 fully saturated rings. The molecule has 1 aromatic heterocycles. The van der Waals surface area contributed by atoms with Crippen molar-refractivity contribution in [2.45, 2.75) is 84.5 Å². The number of fused-ring (bicyclic) bond motifs is 5. The Morgan fingerprint density at radius 2 is 1.85 bits per heavy atom. The molecule has 2 amide bonds. The number of benzene rings is 1. The molecule has 0 N–H and O–H groups in total. The van der Waals surface area contributed by atoms with Crippen molar-refractivity contribution in [2.75, 3.05) is 13.7 Å². The molecule has 33 heavy (non-hydrogen) atoms. The standard InChI is InChI=1S/C27H37N3O3/c1-16(2)10-12-28-22-14-18(33-5)8-9-19(22)20-15-24-26(31)29-11-6-7-21(29)27(32)30(24)23(25(20)28)13-17(3)4/h8-9,14,16-17,21,23-24H,6-7,10-13,15H2,1-5H3/t21-,23-,24+/m0/s1. The summed E-state index contributed by atoms with van der Waals surface area (Å²) in [7, 11) is 1.70. The zero-order chi connectivity index (χ0) is 23.4. The normalized spacial score (nSPS) is 24.6. The number of hydrogen-bond donors (Lipinski definition) is 0. The van der Waals surface area contributed by atoms with E-state index in [1.165, 1.54) is 16.6 Å². The van der Waals surface area contributed by atoms with Crippen LogP contribution >= 0.6 is 0 Å². The van der Waals surface area contributed by atoms with E-state index in [0.717, 1.165) is 43.5 Å². The molecule has 0 aliphatic carbocycles. The summed E-state index contributed by atoms with van der Waals surface area (Å²) in [6.07, 6.45) is 4.25. The van der Waals surface area contributed by atoms with Crippen LogP contribution < -0.4 is 4.74 Å². The maximum Gasteiger partial charge on any atom is 0.246 e. The fourth-order valence-electron chi connectivity index (χ4n) is 6.25. The first-order chi connectivity index (χ1) is 15.8. The van der Waals surface area contributed by atoms with Gasteiger partial charge in [-0.1, -0.05) is 27.7 Å². The average molecular weight is 452 g/mol. The monoisotopic (exact) mass is 451 g/mol. The Balaban J connectivity index is 1.71. The molecule has 2 aromatic rings. The van der Waals surface area contributed by atoms with Gasteiger partial charge in [-0.15, -0.1) is 0 Å². The van der Waals surface area contributed by atoms with Crippen LogP contribution in [0.2, 0.25) is 0 Å². The number of aryl methyl sites for hydroxylation is 1. The van der Waals surface area contributed by atoms with Gasteiger partial charge < -0.3 is 19.1 Å². The number of hydrogen-bond acceptors (Lipinski definition) is 3. The fraction of sp³-hybridized carbons (Fsp3) is 0.630. The molecule has 0 unspecified atom stereocenters. The molecule has 3 aliphatic rings. The first-order valence-corrected chi connectivity index (χ1v) is 12.6. The molecule has 0 bridgehead atoms. The Morgan fingerprint density at radius 1 is 1.06 bits per heavy atom. The van der Waals surface area contributed by atoms with E-state index in [1.54, 1.807) is 7.11 Å². The van der Waals surface area contributed by atoms with Crippen LogP contribution in [0.3, 0.4) is 0 Å². The van der Waals surface area contributed by atoms with Gasteiger partial charge in [0.25, 0.3) is 0 Å². The van der Waals surface area contributed by atoms with E-state index < -0.39 is 0 Å². The summed E-state index contributed by atoms with van der Waals surface area (Å²) < 4.78 is 8.01. The van der Waals surface area contributed by atoms with E-state index in [-0.39, 0.29) is 29.9 Å². The predicted octanol–water partition coefficient (Wildman–Crippen LogP) is 4.54. The first-order valence-electron chi connectivity index (χ1n) is 12.6. The number of carbonyl (C=O) groups excluding carboxylic acids is 2. The highest BCUT2D eigenvalue weighted by Gasteiger charge is 2.53. The highest BCUT2D eigenvalue weighted by atomic mass is 16.5. The van der Waals surface area contributed by atoms with Gasteiger partial charge in [0.1, 0.15) is 17.8 Å². The van der Waals surface area contributed by atoms with Crippen LogP contribution in [0.5, 0.6) is 5.75 Å². The van der Waals surface area contributed by atoms with Crippen molar-refractivity contribution >= 4 is 22.7 Å². The van der Waals surface area contributed by atoms with Gasteiger partial charge in [-0.2, -0.15) is 0 Å². The first kappa shape index (κ1) is 22.3. The Morgan fingerprint density at radius 3 is 2.55 bits per heavy atom. The summed E-state index contributed by atoms with van der Waals surface area (Å²) in [4.78, 5) is 31.2. The number of nitrogens with zero attached hydrogens (tertiary/aromatic N) is 3. The molecular formula is C27H37N3O3. The van der Waals surface area contributed by atoms with Crippen molar-refractivity contribution < 1.29 is 14.3 Å². The van der Waals surface area contributed by atoms with Gasteiger partial charge in [0, 0.05) is 36.7 Å². The molecule has 1 aromatic carbocycles. The molecule has 0 spiro atoms. The van der Waals surface area contributed by atoms with Gasteiger partial charge >= 0.3 is 0 Å². The Bertz CT molecular complexity index is 1090. The van der Waals surface area contributed by atoms with Crippen molar-refractivity contribution in [3.8, 4) is 5.75 Å². The van der Waals surface area contributed by atoms with E-state index in [0.29, 0.717) is 24.8 Å². The van der Waals surface area contributed by atoms with Gasteiger partial charge in [-0.05, 0) is 55.2 Å². The highest BCUT2D eigenvalue weighted by Crippen LogP contribution is 2.46. The van der Waals surface area contributed by atoms with Gasteiger partial charge in [0.15, 0.2) is 0 Å². The maximum atomic E-state index is 13.8. The second-order valence-electron chi connectivity index (χ2n) is 10.9. The van der Waals surface area contributed by atoms with Crippen molar-refractivity contribution in [1.29, 1.82) is 0 Å². The zero-order valence-corrected chi connectivity index (χ0v) is 20.6. The average Bonchev–Trinajstić information content (AvgIpc) is 3.38. The number of carbonyl (C=O) groups is 2. The Kier molecular flexibility index (Phi) is 5.66. The molecule has 0 radical (unpaired) electrons. The molecule has 2 saturated heterocycles. The Hall–Kier alpha value is -2.50. The SMILES string of the molecule is COc1ccc2c3c(n(CCC(C)C)c2c1)[C@H](CC(C)C)N1C(=O)[C@@H]2CCCN2C(=O)[C@H]1C3. The van der Waals surface area contributed by atoms with Gasteiger partial charge in [-0.3, -0.25) is 9.59 Å². The lowest BCUT2D eigenvalue weighted by Gasteiger charge is -2.49. The van der Waals surface area contributed by atoms with E-state index in [4.69, 9.17) is 4.74 Å². The maximum absolute atomic E-state index is 13.8. The third kappa shape index (κ3) is 3.53.